The van der Waals surface area contributed by atoms with Gasteiger partial charge in [-0.25, -0.2) is 0 Å². The fourth-order valence-electron chi connectivity index (χ4n) is 3.02. The fraction of sp³-hybridized carbons (Fsp3) is 0.0500. The summed E-state index contributed by atoms with van der Waals surface area (Å²) in [5, 5.41) is 9.86. The van der Waals surface area contributed by atoms with E-state index < -0.39 is 0 Å². The normalized spacial score (nSPS) is 11.4. The molecular formula is C20H14N4S. The van der Waals surface area contributed by atoms with Gasteiger partial charge in [0.1, 0.15) is 5.82 Å². The van der Waals surface area contributed by atoms with Crippen LogP contribution in [0, 0.1) is 0 Å². The van der Waals surface area contributed by atoms with E-state index >= 15 is 0 Å². The molecule has 0 saturated heterocycles. The number of fused-ring (bicyclic) bond motifs is 2. The van der Waals surface area contributed by atoms with Crippen molar-refractivity contribution >= 4 is 27.2 Å². The Morgan fingerprint density at radius 2 is 1.84 bits per heavy atom. The van der Waals surface area contributed by atoms with Crippen molar-refractivity contribution in [3.8, 4) is 10.4 Å². The average Bonchev–Trinajstić information content (AvgIpc) is 3.24. The summed E-state index contributed by atoms with van der Waals surface area (Å²) in [6.45, 7) is 0. The molecule has 3 heterocycles. The van der Waals surface area contributed by atoms with Crippen LogP contribution in [0.4, 0.5) is 0 Å². The molecule has 120 valence electrons. The van der Waals surface area contributed by atoms with Crippen molar-refractivity contribution in [2.45, 2.75) is 6.42 Å². The maximum absolute atomic E-state index is 4.37. The molecule has 0 amide bonds. The predicted molar refractivity (Wildman–Crippen MR) is 101 cm³/mol. The van der Waals surface area contributed by atoms with Crippen molar-refractivity contribution in [2.24, 2.45) is 0 Å². The molecule has 3 aromatic heterocycles. The summed E-state index contributed by atoms with van der Waals surface area (Å²) in [5.41, 5.74) is 3.43. The van der Waals surface area contributed by atoms with Crippen LogP contribution in [0.15, 0.2) is 73.1 Å². The van der Waals surface area contributed by atoms with Gasteiger partial charge in [-0.1, -0.05) is 53.8 Å². The molecule has 0 radical (unpaired) electrons. The number of hydrogen-bond acceptors (Lipinski definition) is 4. The average molecular weight is 342 g/mol. The van der Waals surface area contributed by atoms with E-state index in [4.69, 9.17) is 0 Å². The molecule has 5 aromatic rings. The van der Waals surface area contributed by atoms with Crippen LogP contribution < -0.4 is 0 Å². The Labute approximate surface area is 148 Å². The summed E-state index contributed by atoms with van der Waals surface area (Å²) in [4.78, 5) is 6.51. The molecule has 0 aliphatic heterocycles. The highest BCUT2D eigenvalue weighted by Crippen LogP contribution is 2.28. The van der Waals surface area contributed by atoms with Gasteiger partial charge in [0.05, 0.1) is 10.4 Å². The topological polar surface area (TPSA) is 43.1 Å². The highest BCUT2D eigenvalue weighted by molar-refractivity contribution is 7.20. The first-order valence-electron chi connectivity index (χ1n) is 8.09. The van der Waals surface area contributed by atoms with Gasteiger partial charge in [-0.05, 0) is 29.3 Å². The molecule has 0 atom stereocenters. The minimum Gasteiger partial charge on any atom is -0.276 e. The first-order chi connectivity index (χ1) is 12.4. The van der Waals surface area contributed by atoms with E-state index in [0.717, 1.165) is 28.1 Å². The molecule has 0 unspecified atom stereocenters. The lowest BCUT2D eigenvalue weighted by molar-refractivity contribution is 0.937. The third-order valence-electron chi connectivity index (χ3n) is 4.27. The van der Waals surface area contributed by atoms with Crippen LogP contribution >= 0.6 is 11.3 Å². The van der Waals surface area contributed by atoms with Crippen molar-refractivity contribution in [2.75, 3.05) is 0 Å². The highest BCUT2D eigenvalue weighted by atomic mass is 32.1. The molecule has 5 rings (SSSR count). The van der Waals surface area contributed by atoms with Gasteiger partial charge in [0, 0.05) is 24.2 Å². The van der Waals surface area contributed by atoms with E-state index in [1.807, 2.05) is 18.3 Å². The minimum atomic E-state index is 0.747. The van der Waals surface area contributed by atoms with Crippen LogP contribution in [-0.2, 0) is 6.42 Å². The number of thiazole rings is 1. The summed E-state index contributed by atoms with van der Waals surface area (Å²) in [6, 6.07) is 20.8. The van der Waals surface area contributed by atoms with Crippen molar-refractivity contribution in [3.63, 3.8) is 0 Å². The summed E-state index contributed by atoms with van der Waals surface area (Å²) in [6.07, 6.45) is 4.70. The van der Waals surface area contributed by atoms with Crippen molar-refractivity contribution in [3.05, 3.63) is 84.4 Å². The molecule has 0 N–H and O–H groups in total. The number of benzene rings is 2. The van der Waals surface area contributed by atoms with Crippen molar-refractivity contribution in [1.82, 2.24) is 19.6 Å². The minimum absolute atomic E-state index is 0.747. The van der Waals surface area contributed by atoms with E-state index in [9.17, 15) is 0 Å². The SMILES string of the molecule is c1ccc(-c2cn3c(Cc4ccc5ncccc5c4)nnc3s2)cc1. The van der Waals surface area contributed by atoms with Crippen LogP contribution in [0.1, 0.15) is 11.4 Å². The van der Waals surface area contributed by atoms with Gasteiger partial charge in [0.25, 0.3) is 0 Å². The van der Waals surface area contributed by atoms with Crippen LogP contribution in [0.5, 0.6) is 0 Å². The Hall–Kier alpha value is -3.05. The quantitative estimate of drug-likeness (QED) is 0.481. The molecule has 2 aromatic carbocycles. The Morgan fingerprint density at radius 1 is 0.920 bits per heavy atom. The summed E-state index contributed by atoms with van der Waals surface area (Å²) < 4.78 is 2.10. The smallest absolute Gasteiger partial charge is 0.216 e. The summed E-state index contributed by atoms with van der Waals surface area (Å²) >= 11 is 1.66. The number of hydrogen-bond donors (Lipinski definition) is 0. The Bertz CT molecular complexity index is 1170. The van der Waals surface area contributed by atoms with Gasteiger partial charge in [0.2, 0.25) is 4.96 Å². The van der Waals surface area contributed by atoms with E-state index in [-0.39, 0.29) is 0 Å². The Morgan fingerprint density at radius 3 is 2.76 bits per heavy atom. The lowest BCUT2D eigenvalue weighted by Gasteiger charge is -2.02. The second-order valence-corrected chi connectivity index (χ2v) is 6.95. The summed E-state index contributed by atoms with van der Waals surface area (Å²) in [7, 11) is 0. The molecule has 0 aliphatic carbocycles. The van der Waals surface area contributed by atoms with Gasteiger partial charge in [-0.3, -0.25) is 9.38 Å². The molecule has 5 heteroatoms. The van der Waals surface area contributed by atoms with Gasteiger partial charge < -0.3 is 0 Å². The second kappa shape index (κ2) is 5.79. The second-order valence-electron chi connectivity index (χ2n) is 5.94. The zero-order valence-corrected chi connectivity index (χ0v) is 14.1. The number of nitrogens with zero attached hydrogens (tertiary/aromatic N) is 4. The van der Waals surface area contributed by atoms with Crippen LogP contribution in [0.2, 0.25) is 0 Å². The van der Waals surface area contributed by atoms with E-state index in [1.54, 1.807) is 11.3 Å². The third-order valence-corrected chi connectivity index (χ3v) is 5.29. The molecule has 0 spiro atoms. The molecular weight excluding hydrogens is 328 g/mol. The first kappa shape index (κ1) is 14.3. The fourth-order valence-corrected chi connectivity index (χ4v) is 3.97. The van der Waals surface area contributed by atoms with Crippen LogP contribution in [-0.4, -0.2) is 19.6 Å². The number of aromatic nitrogens is 4. The van der Waals surface area contributed by atoms with Crippen LogP contribution in [0.3, 0.4) is 0 Å². The molecule has 0 bridgehead atoms. The van der Waals surface area contributed by atoms with E-state index in [2.05, 4.69) is 74.3 Å². The first-order valence-corrected chi connectivity index (χ1v) is 8.91. The van der Waals surface area contributed by atoms with Crippen LogP contribution in [0.25, 0.3) is 26.3 Å². The van der Waals surface area contributed by atoms with Crippen molar-refractivity contribution in [1.29, 1.82) is 0 Å². The lowest BCUT2D eigenvalue weighted by Crippen LogP contribution is -1.95. The molecule has 0 aliphatic rings. The molecule has 0 saturated carbocycles. The van der Waals surface area contributed by atoms with Gasteiger partial charge in [-0.15, -0.1) is 10.2 Å². The standard InChI is InChI=1S/C20H14N4S/c1-2-5-15(6-3-1)18-13-24-19(22-23-20(24)25-18)12-14-8-9-17-16(11-14)7-4-10-21-17/h1-11,13H,12H2. The molecule has 4 nitrogen and oxygen atoms in total. The van der Waals surface area contributed by atoms with Gasteiger partial charge in [-0.2, -0.15) is 0 Å². The number of rotatable bonds is 3. The summed E-state index contributed by atoms with van der Waals surface area (Å²) in [5.74, 6) is 0.955. The van der Waals surface area contributed by atoms with E-state index in [0.29, 0.717) is 0 Å². The number of pyridine rings is 1. The van der Waals surface area contributed by atoms with Gasteiger partial charge >= 0.3 is 0 Å². The zero-order valence-electron chi connectivity index (χ0n) is 13.3. The van der Waals surface area contributed by atoms with E-state index in [1.165, 1.54) is 16.0 Å². The zero-order chi connectivity index (χ0) is 16.6. The van der Waals surface area contributed by atoms with Crippen molar-refractivity contribution < 1.29 is 0 Å². The monoisotopic (exact) mass is 342 g/mol. The maximum atomic E-state index is 4.37. The third kappa shape index (κ3) is 2.58. The molecule has 25 heavy (non-hydrogen) atoms. The highest BCUT2D eigenvalue weighted by Gasteiger charge is 2.11. The maximum Gasteiger partial charge on any atom is 0.216 e. The Balaban J connectivity index is 1.52. The lowest BCUT2D eigenvalue weighted by atomic mass is 10.1. The largest absolute Gasteiger partial charge is 0.276 e. The van der Waals surface area contributed by atoms with Gasteiger partial charge in [0.15, 0.2) is 0 Å². The Kier molecular flexibility index (Phi) is 3.31. The molecule has 0 fully saturated rings. The predicted octanol–water partition coefficient (Wildman–Crippen LogP) is 4.60.